The summed E-state index contributed by atoms with van der Waals surface area (Å²) in [5, 5.41) is 9.10. The number of halogens is 2. The molecule has 0 aliphatic rings. The monoisotopic (exact) mass is 192 g/mol. The van der Waals surface area contributed by atoms with Crippen molar-refractivity contribution >= 4 is 28.9 Å². The second kappa shape index (κ2) is 3.26. The summed E-state index contributed by atoms with van der Waals surface area (Å²) in [7, 11) is 0. The first-order valence-electron chi connectivity index (χ1n) is 2.86. The van der Waals surface area contributed by atoms with Crippen LogP contribution in [0.3, 0.4) is 0 Å². The third kappa shape index (κ3) is 1.74. The molecule has 0 unspecified atom stereocenters. The van der Waals surface area contributed by atoms with E-state index in [1.807, 2.05) is 0 Å². The van der Waals surface area contributed by atoms with E-state index in [-0.39, 0.29) is 17.4 Å². The van der Waals surface area contributed by atoms with Crippen LogP contribution in [0.25, 0.3) is 0 Å². The van der Waals surface area contributed by atoms with Crippen LogP contribution in [0.5, 0.6) is 0 Å². The van der Waals surface area contributed by atoms with Gasteiger partial charge in [0.05, 0.1) is 23.0 Å². The van der Waals surface area contributed by atoms with Crippen molar-refractivity contribution in [1.29, 1.82) is 0 Å². The van der Waals surface area contributed by atoms with Gasteiger partial charge in [-0.25, -0.2) is 4.98 Å². The molecule has 0 aromatic carbocycles. The Morgan fingerprint density at radius 2 is 2.18 bits per heavy atom. The first-order valence-corrected chi connectivity index (χ1v) is 3.62. The van der Waals surface area contributed by atoms with Gasteiger partial charge in [0.1, 0.15) is 0 Å². The van der Waals surface area contributed by atoms with E-state index in [0.717, 1.165) is 0 Å². The van der Waals surface area contributed by atoms with E-state index in [0.29, 0.717) is 10.7 Å². The van der Waals surface area contributed by atoms with Gasteiger partial charge < -0.3 is 10.8 Å². The second-order valence-electron chi connectivity index (χ2n) is 1.96. The van der Waals surface area contributed by atoms with Crippen molar-refractivity contribution in [2.24, 2.45) is 0 Å². The van der Waals surface area contributed by atoms with Crippen molar-refractivity contribution in [3.05, 3.63) is 21.9 Å². The second-order valence-corrected chi connectivity index (χ2v) is 2.72. The van der Waals surface area contributed by atoms with Gasteiger partial charge in [-0.2, -0.15) is 0 Å². The van der Waals surface area contributed by atoms with Crippen LogP contribution in [0.4, 0.5) is 5.69 Å². The van der Waals surface area contributed by atoms with Gasteiger partial charge in [-0.05, 0) is 6.07 Å². The number of aliphatic hydroxyl groups is 1. The first kappa shape index (κ1) is 8.59. The Kier molecular flexibility index (Phi) is 2.54. The number of aliphatic hydroxyl groups excluding tert-OH is 1. The van der Waals surface area contributed by atoms with Crippen LogP contribution in [-0.2, 0) is 6.61 Å². The van der Waals surface area contributed by atoms with E-state index < -0.39 is 0 Å². The highest BCUT2D eigenvalue weighted by molar-refractivity contribution is 6.38. The number of aromatic nitrogens is 1. The third-order valence-corrected chi connectivity index (χ3v) is 1.78. The third-order valence-electron chi connectivity index (χ3n) is 1.18. The smallest absolute Gasteiger partial charge is 0.153 e. The number of nitrogens with zero attached hydrogens (tertiary/aromatic N) is 1. The molecule has 1 aromatic rings. The summed E-state index contributed by atoms with van der Waals surface area (Å²) >= 11 is 11.2. The zero-order valence-corrected chi connectivity index (χ0v) is 7.02. The summed E-state index contributed by atoms with van der Waals surface area (Å²) in [6, 6.07) is 1.47. The predicted octanol–water partition coefficient (Wildman–Crippen LogP) is 1.46. The molecule has 0 aliphatic heterocycles. The van der Waals surface area contributed by atoms with E-state index in [2.05, 4.69) is 4.98 Å². The van der Waals surface area contributed by atoms with Gasteiger partial charge in [-0.15, -0.1) is 0 Å². The molecule has 1 heterocycles. The molecule has 0 radical (unpaired) electrons. The fraction of sp³-hybridized carbons (Fsp3) is 0.167. The molecule has 1 aromatic heterocycles. The Hall–Kier alpha value is -0.510. The van der Waals surface area contributed by atoms with Crippen LogP contribution in [0.2, 0.25) is 10.2 Å². The van der Waals surface area contributed by atoms with Crippen molar-refractivity contribution in [3.8, 4) is 0 Å². The van der Waals surface area contributed by atoms with Gasteiger partial charge in [-0.1, -0.05) is 23.2 Å². The SMILES string of the molecule is Nc1c(Cl)cc(CO)nc1Cl. The standard InChI is InChI=1S/C6H6Cl2N2O/c7-4-1-3(2-11)10-6(8)5(4)9/h1,11H,2,9H2. The Morgan fingerprint density at radius 3 is 2.64 bits per heavy atom. The quantitative estimate of drug-likeness (QED) is 0.663. The molecule has 0 bridgehead atoms. The van der Waals surface area contributed by atoms with E-state index in [4.69, 9.17) is 34.0 Å². The van der Waals surface area contributed by atoms with Crippen molar-refractivity contribution in [2.75, 3.05) is 5.73 Å². The number of nitrogens with two attached hydrogens (primary N) is 1. The molecular formula is C6H6Cl2N2O. The van der Waals surface area contributed by atoms with Crippen molar-refractivity contribution < 1.29 is 5.11 Å². The zero-order valence-electron chi connectivity index (χ0n) is 5.51. The molecule has 0 amide bonds. The Labute approximate surface area is 73.8 Å². The first-order chi connectivity index (χ1) is 5.15. The van der Waals surface area contributed by atoms with Gasteiger partial charge >= 0.3 is 0 Å². The van der Waals surface area contributed by atoms with Gasteiger partial charge in [0.15, 0.2) is 5.15 Å². The number of rotatable bonds is 1. The number of anilines is 1. The molecule has 0 aliphatic carbocycles. The molecule has 0 fully saturated rings. The Bertz CT molecular complexity index is 254. The van der Waals surface area contributed by atoms with Gasteiger partial charge in [0.2, 0.25) is 0 Å². The Balaban J connectivity index is 3.21. The number of hydrogen-bond donors (Lipinski definition) is 2. The van der Waals surface area contributed by atoms with Crippen LogP contribution in [-0.4, -0.2) is 10.1 Å². The predicted molar refractivity (Wildman–Crippen MR) is 44.6 cm³/mol. The minimum absolute atomic E-state index is 0.126. The molecule has 0 saturated heterocycles. The molecule has 11 heavy (non-hydrogen) atoms. The lowest BCUT2D eigenvalue weighted by molar-refractivity contribution is 0.277. The average molecular weight is 193 g/mol. The molecule has 1 rings (SSSR count). The largest absolute Gasteiger partial charge is 0.395 e. The maximum atomic E-state index is 8.66. The maximum Gasteiger partial charge on any atom is 0.153 e. The number of pyridine rings is 1. The lowest BCUT2D eigenvalue weighted by Crippen LogP contribution is -1.95. The van der Waals surface area contributed by atoms with Gasteiger partial charge in [0.25, 0.3) is 0 Å². The van der Waals surface area contributed by atoms with E-state index in [1.54, 1.807) is 0 Å². The lowest BCUT2D eigenvalue weighted by Gasteiger charge is -2.01. The molecule has 60 valence electrons. The molecular weight excluding hydrogens is 187 g/mol. The molecule has 5 heteroatoms. The van der Waals surface area contributed by atoms with E-state index >= 15 is 0 Å². The highest BCUT2D eigenvalue weighted by Crippen LogP contribution is 2.25. The minimum atomic E-state index is -0.195. The summed E-state index contributed by atoms with van der Waals surface area (Å²) in [6.45, 7) is -0.195. The molecule has 3 N–H and O–H groups in total. The van der Waals surface area contributed by atoms with Crippen LogP contribution in [0.1, 0.15) is 5.69 Å². The fourth-order valence-corrected chi connectivity index (χ4v) is 1.10. The Morgan fingerprint density at radius 1 is 1.55 bits per heavy atom. The maximum absolute atomic E-state index is 8.66. The van der Waals surface area contributed by atoms with Crippen LogP contribution < -0.4 is 5.73 Å². The minimum Gasteiger partial charge on any atom is -0.395 e. The van der Waals surface area contributed by atoms with Crippen molar-refractivity contribution in [1.82, 2.24) is 4.98 Å². The van der Waals surface area contributed by atoms with Crippen LogP contribution in [0.15, 0.2) is 6.07 Å². The number of hydrogen-bond acceptors (Lipinski definition) is 3. The van der Waals surface area contributed by atoms with E-state index in [1.165, 1.54) is 6.07 Å². The molecule has 3 nitrogen and oxygen atoms in total. The van der Waals surface area contributed by atoms with Gasteiger partial charge in [-0.3, -0.25) is 0 Å². The molecule has 0 spiro atoms. The highest BCUT2D eigenvalue weighted by atomic mass is 35.5. The van der Waals surface area contributed by atoms with E-state index in [9.17, 15) is 0 Å². The van der Waals surface area contributed by atoms with Crippen LogP contribution in [0, 0.1) is 0 Å². The average Bonchev–Trinajstić information content (AvgIpc) is 1.99. The zero-order chi connectivity index (χ0) is 8.43. The van der Waals surface area contributed by atoms with Crippen molar-refractivity contribution in [2.45, 2.75) is 6.61 Å². The number of nitrogen functional groups attached to an aromatic ring is 1. The normalized spacial score (nSPS) is 10.1. The summed E-state index contributed by atoms with van der Waals surface area (Å²) in [6.07, 6.45) is 0. The van der Waals surface area contributed by atoms with Gasteiger partial charge in [0, 0.05) is 0 Å². The summed E-state index contributed by atoms with van der Waals surface area (Å²) in [4.78, 5) is 3.76. The lowest BCUT2D eigenvalue weighted by atomic mass is 10.3. The fourth-order valence-electron chi connectivity index (χ4n) is 0.622. The van der Waals surface area contributed by atoms with Crippen molar-refractivity contribution in [3.63, 3.8) is 0 Å². The van der Waals surface area contributed by atoms with Crippen LogP contribution >= 0.6 is 23.2 Å². The molecule has 0 atom stereocenters. The summed E-state index contributed by atoms with van der Waals surface area (Å²) in [5.41, 5.74) is 6.05. The molecule has 0 saturated carbocycles. The topological polar surface area (TPSA) is 59.1 Å². The summed E-state index contributed by atoms with van der Waals surface area (Å²) in [5.74, 6) is 0. The highest BCUT2D eigenvalue weighted by Gasteiger charge is 2.04. The summed E-state index contributed by atoms with van der Waals surface area (Å²) < 4.78 is 0.